The molecule has 98 valence electrons. The highest BCUT2D eigenvalue weighted by atomic mass is 35.5. The first-order valence-electron chi connectivity index (χ1n) is 5.40. The van der Waals surface area contributed by atoms with E-state index in [1.54, 1.807) is 13.0 Å². The molecule has 1 aromatic carbocycles. The maximum atomic E-state index is 13.5. The minimum Gasteiger partial charge on any atom is -0.508 e. The van der Waals surface area contributed by atoms with Crippen molar-refractivity contribution < 1.29 is 14.3 Å². The lowest BCUT2D eigenvalue weighted by Crippen LogP contribution is -2.15. The van der Waals surface area contributed by atoms with Gasteiger partial charge in [0.2, 0.25) is 0 Å². The number of phenols is 1. The molecule has 0 radical (unpaired) electrons. The standard InChI is InChI=1S/C13H10ClFN2O2/c1-7-4-5-16-12(14)11(7)17-13(19)9-3-2-8(18)6-10(9)15/h2-6,18H,1H3,(H,17,19). The van der Waals surface area contributed by atoms with Crippen LogP contribution < -0.4 is 5.32 Å². The zero-order chi connectivity index (χ0) is 14.0. The second kappa shape index (κ2) is 5.24. The van der Waals surface area contributed by atoms with Crippen molar-refractivity contribution in [2.45, 2.75) is 6.92 Å². The van der Waals surface area contributed by atoms with E-state index in [2.05, 4.69) is 10.3 Å². The van der Waals surface area contributed by atoms with Gasteiger partial charge in [0.1, 0.15) is 11.6 Å². The third kappa shape index (κ3) is 2.82. The molecular weight excluding hydrogens is 271 g/mol. The SMILES string of the molecule is Cc1ccnc(Cl)c1NC(=O)c1ccc(O)cc1F. The highest BCUT2D eigenvalue weighted by Gasteiger charge is 2.15. The van der Waals surface area contributed by atoms with Crippen LogP contribution in [0.15, 0.2) is 30.5 Å². The molecule has 1 amide bonds. The zero-order valence-electron chi connectivity index (χ0n) is 9.95. The Balaban J connectivity index is 2.31. The number of carbonyl (C=O) groups excluding carboxylic acids is 1. The maximum absolute atomic E-state index is 13.5. The third-order valence-corrected chi connectivity index (χ3v) is 2.84. The summed E-state index contributed by atoms with van der Waals surface area (Å²) in [5.74, 6) is -1.71. The number of halogens is 2. The Bertz CT molecular complexity index is 626. The fraction of sp³-hybridized carbons (Fsp3) is 0.0769. The van der Waals surface area contributed by atoms with Crippen molar-refractivity contribution in [3.8, 4) is 5.75 Å². The third-order valence-electron chi connectivity index (χ3n) is 2.55. The molecule has 0 aliphatic carbocycles. The number of aryl methyl sites for hydroxylation is 1. The van der Waals surface area contributed by atoms with Gasteiger partial charge in [0.05, 0.1) is 11.3 Å². The van der Waals surface area contributed by atoms with E-state index in [4.69, 9.17) is 16.7 Å². The Labute approximate surface area is 113 Å². The van der Waals surface area contributed by atoms with E-state index < -0.39 is 11.7 Å². The van der Waals surface area contributed by atoms with E-state index in [1.807, 2.05) is 0 Å². The lowest BCUT2D eigenvalue weighted by Gasteiger charge is -2.10. The minimum absolute atomic E-state index is 0.132. The van der Waals surface area contributed by atoms with Gasteiger partial charge in [-0.05, 0) is 30.7 Å². The van der Waals surface area contributed by atoms with Crippen LogP contribution in [0.1, 0.15) is 15.9 Å². The number of aromatic hydroxyl groups is 1. The van der Waals surface area contributed by atoms with Crippen LogP contribution in [0, 0.1) is 12.7 Å². The Kier molecular flexibility index (Phi) is 3.66. The van der Waals surface area contributed by atoms with Crippen molar-refractivity contribution in [2.75, 3.05) is 5.32 Å². The van der Waals surface area contributed by atoms with Gasteiger partial charge < -0.3 is 10.4 Å². The van der Waals surface area contributed by atoms with Gasteiger partial charge in [-0.25, -0.2) is 9.37 Å². The van der Waals surface area contributed by atoms with Gasteiger partial charge in [-0.3, -0.25) is 4.79 Å². The van der Waals surface area contributed by atoms with Gasteiger partial charge in [0.15, 0.2) is 5.15 Å². The summed E-state index contributed by atoms with van der Waals surface area (Å²) in [5, 5.41) is 11.7. The molecule has 0 bridgehead atoms. The first kappa shape index (κ1) is 13.3. The molecule has 2 rings (SSSR count). The maximum Gasteiger partial charge on any atom is 0.258 e. The van der Waals surface area contributed by atoms with Crippen molar-refractivity contribution >= 4 is 23.2 Å². The van der Waals surface area contributed by atoms with Crippen LogP contribution in [0.5, 0.6) is 5.75 Å². The topological polar surface area (TPSA) is 62.2 Å². The number of anilines is 1. The summed E-state index contributed by atoms with van der Waals surface area (Å²) in [6.45, 7) is 1.75. The number of hydrogen-bond acceptors (Lipinski definition) is 3. The molecule has 2 N–H and O–H groups in total. The smallest absolute Gasteiger partial charge is 0.258 e. The quantitative estimate of drug-likeness (QED) is 0.831. The molecule has 0 fully saturated rings. The Morgan fingerprint density at radius 2 is 2.16 bits per heavy atom. The molecule has 1 aromatic heterocycles. The molecule has 2 aromatic rings. The number of benzene rings is 1. The molecule has 0 unspecified atom stereocenters. The normalized spacial score (nSPS) is 10.3. The largest absolute Gasteiger partial charge is 0.508 e. The van der Waals surface area contributed by atoms with E-state index in [0.29, 0.717) is 11.3 Å². The highest BCUT2D eigenvalue weighted by Crippen LogP contribution is 2.24. The molecule has 0 saturated carbocycles. The molecule has 0 atom stereocenters. The van der Waals surface area contributed by atoms with E-state index in [0.717, 1.165) is 6.07 Å². The number of rotatable bonds is 2. The summed E-state index contributed by atoms with van der Waals surface area (Å²) in [6.07, 6.45) is 1.51. The van der Waals surface area contributed by atoms with Crippen LogP contribution in [-0.2, 0) is 0 Å². The number of nitrogens with zero attached hydrogens (tertiary/aromatic N) is 1. The molecule has 0 aliphatic heterocycles. The van der Waals surface area contributed by atoms with E-state index in [-0.39, 0.29) is 16.5 Å². The van der Waals surface area contributed by atoms with E-state index in [1.165, 1.54) is 18.3 Å². The molecule has 19 heavy (non-hydrogen) atoms. The summed E-state index contributed by atoms with van der Waals surface area (Å²) in [6, 6.07) is 4.97. The number of nitrogens with one attached hydrogen (secondary N) is 1. The van der Waals surface area contributed by atoms with E-state index in [9.17, 15) is 9.18 Å². The van der Waals surface area contributed by atoms with Crippen molar-refractivity contribution in [2.24, 2.45) is 0 Å². The molecule has 0 aliphatic rings. The Hall–Kier alpha value is -2.14. The minimum atomic E-state index is -0.810. The van der Waals surface area contributed by atoms with E-state index >= 15 is 0 Å². The van der Waals surface area contributed by atoms with Gasteiger partial charge in [-0.15, -0.1) is 0 Å². The summed E-state index contributed by atoms with van der Waals surface area (Å²) in [5.41, 5.74) is 0.867. The zero-order valence-corrected chi connectivity index (χ0v) is 10.7. The summed E-state index contributed by atoms with van der Waals surface area (Å²) < 4.78 is 13.5. The number of pyridine rings is 1. The average molecular weight is 281 g/mol. The lowest BCUT2D eigenvalue weighted by atomic mass is 10.1. The summed E-state index contributed by atoms with van der Waals surface area (Å²) >= 11 is 5.87. The second-order valence-electron chi connectivity index (χ2n) is 3.91. The predicted molar refractivity (Wildman–Crippen MR) is 70.0 cm³/mol. The van der Waals surface area contributed by atoms with Crippen LogP contribution in [0.4, 0.5) is 10.1 Å². The monoisotopic (exact) mass is 280 g/mol. The van der Waals surface area contributed by atoms with Crippen molar-refractivity contribution in [3.63, 3.8) is 0 Å². The van der Waals surface area contributed by atoms with Crippen LogP contribution >= 0.6 is 11.6 Å². The first-order valence-corrected chi connectivity index (χ1v) is 5.78. The van der Waals surface area contributed by atoms with Gasteiger partial charge in [0, 0.05) is 12.3 Å². The van der Waals surface area contributed by atoms with Crippen LogP contribution in [-0.4, -0.2) is 16.0 Å². The Morgan fingerprint density at radius 1 is 1.42 bits per heavy atom. The summed E-state index contributed by atoms with van der Waals surface area (Å²) in [4.78, 5) is 15.8. The molecule has 0 saturated heterocycles. The Morgan fingerprint density at radius 3 is 2.79 bits per heavy atom. The van der Waals surface area contributed by atoms with Crippen LogP contribution in [0.25, 0.3) is 0 Å². The molecular formula is C13H10ClFN2O2. The van der Waals surface area contributed by atoms with Gasteiger partial charge >= 0.3 is 0 Å². The molecule has 6 heteroatoms. The highest BCUT2D eigenvalue weighted by molar-refractivity contribution is 6.32. The fourth-order valence-corrected chi connectivity index (χ4v) is 1.80. The molecule has 4 nitrogen and oxygen atoms in total. The van der Waals surface area contributed by atoms with Gasteiger partial charge in [-0.2, -0.15) is 0 Å². The number of carbonyl (C=O) groups is 1. The summed E-state index contributed by atoms with van der Waals surface area (Å²) in [7, 11) is 0. The van der Waals surface area contributed by atoms with Crippen molar-refractivity contribution in [1.29, 1.82) is 0 Å². The number of amides is 1. The predicted octanol–water partition coefficient (Wildman–Crippen LogP) is 3.14. The second-order valence-corrected chi connectivity index (χ2v) is 4.27. The molecule has 0 spiro atoms. The van der Waals surface area contributed by atoms with Crippen molar-refractivity contribution in [3.05, 3.63) is 52.6 Å². The van der Waals surface area contributed by atoms with Crippen LogP contribution in [0.3, 0.4) is 0 Å². The first-order chi connectivity index (χ1) is 8.99. The van der Waals surface area contributed by atoms with Gasteiger partial charge in [-0.1, -0.05) is 11.6 Å². The average Bonchev–Trinajstić information content (AvgIpc) is 2.33. The lowest BCUT2D eigenvalue weighted by molar-refractivity contribution is 0.102. The number of phenolic OH excluding ortho intramolecular Hbond substituents is 1. The number of aromatic nitrogens is 1. The fourth-order valence-electron chi connectivity index (χ4n) is 1.54. The number of hydrogen-bond donors (Lipinski definition) is 2. The van der Waals surface area contributed by atoms with Gasteiger partial charge in [0.25, 0.3) is 5.91 Å². The molecule has 1 heterocycles. The van der Waals surface area contributed by atoms with Crippen molar-refractivity contribution in [1.82, 2.24) is 4.98 Å². The van der Waals surface area contributed by atoms with Crippen LogP contribution in [0.2, 0.25) is 5.15 Å².